The van der Waals surface area contributed by atoms with E-state index in [-0.39, 0.29) is 24.9 Å². The molecular formula is C53H97NO5. The number of aliphatic hydroxyl groups is 2. The van der Waals surface area contributed by atoms with E-state index in [1.165, 1.54) is 116 Å². The van der Waals surface area contributed by atoms with E-state index in [9.17, 15) is 19.8 Å². The summed E-state index contributed by atoms with van der Waals surface area (Å²) in [6.45, 7) is 6.34. The van der Waals surface area contributed by atoms with Crippen molar-refractivity contribution < 1.29 is 24.5 Å². The first-order valence-electron chi connectivity index (χ1n) is 25.4. The summed E-state index contributed by atoms with van der Waals surface area (Å²) in [5, 5.41) is 23.7. The maximum Gasteiger partial charge on any atom is 0.306 e. The Morgan fingerprint density at radius 3 is 1.42 bits per heavy atom. The summed E-state index contributed by atoms with van der Waals surface area (Å²) in [6, 6.07) is -0.710. The fourth-order valence-corrected chi connectivity index (χ4v) is 7.60. The number of hydrogen-bond donors (Lipinski definition) is 3. The number of allylic oxidation sites excluding steroid dienone is 8. The second-order valence-electron chi connectivity index (χ2n) is 17.2. The Morgan fingerprint density at radius 1 is 0.508 bits per heavy atom. The first-order chi connectivity index (χ1) is 29.0. The molecule has 3 N–H and O–H groups in total. The monoisotopic (exact) mass is 828 g/mol. The third-order valence-electron chi connectivity index (χ3n) is 11.5. The van der Waals surface area contributed by atoms with Crippen LogP contribution in [0.4, 0.5) is 0 Å². The van der Waals surface area contributed by atoms with Gasteiger partial charge in [-0.3, -0.25) is 9.59 Å². The molecule has 3 unspecified atom stereocenters. The normalized spacial score (nSPS) is 13.6. The van der Waals surface area contributed by atoms with Crippen molar-refractivity contribution in [2.75, 3.05) is 6.61 Å². The third-order valence-corrected chi connectivity index (χ3v) is 11.5. The molecule has 6 nitrogen and oxygen atoms in total. The number of amides is 1. The van der Waals surface area contributed by atoms with Crippen LogP contribution in [0.1, 0.15) is 252 Å². The van der Waals surface area contributed by atoms with Crippen molar-refractivity contribution in [3.8, 4) is 0 Å². The lowest BCUT2D eigenvalue weighted by Crippen LogP contribution is -2.46. The van der Waals surface area contributed by atoms with Gasteiger partial charge in [0.25, 0.3) is 0 Å². The Balaban J connectivity index is 4.61. The van der Waals surface area contributed by atoms with Gasteiger partial charge in [0.2, 0.25) is 5.91 Å². The van der Waals surface area contributed by atoms with E-state index in [0.29, 0.717) is 19.3 Å². The van der Waals surface area contributed by atoms with E-state index in [4.69, 9.17) is 4.74 Å². The van der Waals surface area contributed by atoms with Crippen molar-refractivity contribution in [2.24, 2.45) is 0 Å². The molecule has 0 saturated heterocycles. The highest BCUT2D eigenvalue weighted by atomic mass is 16.5. The molecule has 0 saturated carbocycles. The topological polar surface area (TPSA) is 95.9 Å². The van der Waals surface area contributed by atoms with E-state index in [0.717, 1.165) is 89.9 Å². The Hall–Kier alpha value is -2.18. The minimum Gasteiger partial charge on any atom is -0.462 e. The molecular weight excluding hydrogens is 731 g/mol. The zero-order valence-electron chi connectivity index (χ0n) is 39.1. The Morgan fingerprint density at radius 2 is 0.932 bits per heavy atom. The van der Waals surface area contributed by atoms with E-state index < -0.39 is 18.2 Å². The second kappa shape index (κ2) is 46.9. The summed E-state index contributed by atoms with van der Waals surface area (Å²) >= 11 is 0. The SMILES string of the molecule is CC/C=C/C=C/C=C/CCCCCCCC(CC(=O)NC(CO)C(O)CCCCCCCCCCCCCCC)OC(=O)CCCCC/C=C\CCCCCCCCC. The van der Waals surface area contributed by atoms with Crippen LogP contribution in [-0.2, 0) is 14.3 Å². The lowest BCUT2D eigenvalue weighted by Gasteiger charge is -2.24. The molecule has 59 heavy (non-hydrogen) atoms. The average Bonchev–Trinajstić information content (AvgIpc) is 3.23. The lowest BCUT2D eigenvalue weighted by molar-refractivity contribution is -0.151. The molecule has 0 radical (unpaired) electrons. The highest BCUT2D eigenvalue weighted by Gasteiger charge is 2.24. The first kappa shape index (κ1) is 56.8. The Kier molecular flexibility index (Phi) is 45.1. The Bertz CT molecular complexity index is 1020. The zero-order chi connectivity index (χ0) is 43.1. The number of unbranched alkanes of at least 4 members (excludes halogenated alkanes) is 27. The molecule has 0 aromatic heterocycles. The number of carbonyl (C=O) groups is 2. The minimum absolute atomic E-state index is 0.0585. The third kappa shape index (κ3) is 42.3. The summed E-state index contributed by atoms with van der Waals surface area (Å²) in [7, 11) is 0. The largest absolute Gasteiger partial charge is 0.462 e. The van der Waals surface area contributed by atoms with Crippen molar-refractivity contribution in [3.05, 3.63) is 48.6 Å². The lowest BCUT2D eigenvalue weighted by atomic mass is 10.0. The van der Waals surface area contributed by atoms with Crippen LogP contribution in [0.2, 0.25) is 0 Å². The van der Waals surface area contributed by atoms with Crippen LogP contribution >= 0.6 is 0 Å². The maximum atomic E-state index is 13.2. The predicted molar refractivity (Wildman–Crippen MR) is 255 cm³/mol. The number of ether oxygens (including phenoxy) is 1. The van der Waals surface area contributed by atoms with Crippen molar-refractivity contribution in [2.45, 2.75) is 270 Å². The van der Waals surface area contributed by atoms with Gasteiger partial charge in [0, 0.05) is 6.42 Å². The average molecular weight is 828 g/mol. The first-order valence-corrected chi connectivity index (χ1v) is 25.4. The van der Waals surface area contributed by atoms with Gasteiger partial charge in [0.05, 0.1) is 25.2 Å². The van der Waals surface area contributed by atoms with Gasteiger partial charge in [-0.1, -0.05) is 217 Å². The van der Waals surface area contributed by atoms with Crippen LogP contribution in [0.5, 0.6) is 0 Å². The Labute approximate surface area is 366 Å². The van der Waals surface area contributed by atoms with E-state index in [2.05, 4.69) is 74.7 Å². The number of aliphatic hydroxyl groups excluding tert-OH is 2. The summed E-state index contributed by atoms with van der Waals surface area (Å²) in [5.41, 5.74) is 0. The molecule has 344 valence electrons. The van der Waals surface area contributed by atoms with E-state index >= 15 is 0 Å². The molecule has 3 atom stereocenters. The summed E-state index contributed by atoms with van der Waals surface area (Å²) in [4.78, 5) is 26.1. The number of esters is 1. The van der Waals surface area contributed by atoms with Gasteiger partial charge < -0.3 is 20.3 Å². The second-order valence-corrected chi connectivity index (χ2v) is 17.2. The standard InChI is InChI=1S/C53H97NO5/c1-4-7-10-13-16-19-22-25-28-31-34-37-40-43-46-53(58)59-49(44-41-38-35-32-29-26-23-20-17-14-11-8-5-2)47-52(57)54-50(48-55)51(56)45-42-39-36-33-30-27-24-21-18-15-12-9-6-3/h8,11,14,17,20,23,28,31,49-51,55-56H,4-7,9-10,12-13,15-16,18-19,21-22,24-27,29-30,32-48H2,1-3H3,(H,54,57)/b11-8+,17-14+,23-20+,31-28-. The van der Waals surface area contributed by atoms with Gasteiger partial charge in [-0.25, -0.2) is 0 Å². The van der Waals surface area contributed by atoms with Crippen LogP contribution in [0.15, 0.2) is 48.6 Å². The summed E-state index contributed by atoms with van der Waals surface area (Å²) in [6.07, 6.45) is 56.0. The van der Waals surface area contributed by atoms with Gasteiger partial charge in [-0.15, -0.1) is 0 Å². The highest BCUT2D eigenvalue weighted by molar-refractivity contribution is 5.77. The molecule has 1 amide bonds. The van der Waals surface area contributed by atoms with Crippen LogP contribution in [-0.4, -0.2) is 46.9 Å². The quantitative estimate of drug-likeness (QED) is 0.0246. The zero-order valence-corrected chi connectivity index (χ0v) is 39.1. The van der Waals surface area contributed by atoms with Gasteiger partial charge in [0.1, 0.15) is 6.10 Å². The molecule has 0 aromatic rings. The van der Waals surface area contributed by atoms with Crippen LogP contribution < -0.4 is 5.32 Å². The van der Waals surface area contributed by atoms with E-state index in [1.54, 1.807) is 0 Å². The molecule has 0 aliphatic rings. The van der Waals surface area contributed by atoms with E-state index in [1.807, 2.05) is 0 Å². The molecule has 0 rings (SSSR count). The number of hydrogen-bond acceptors (Lipinski definition) is 5. The molecule has 0 aliphatic carbocycles. The molecule has 0 heterocycles. The van der Waals surface area contributed by atoms with Gasteiger partial charge in [0.15, 0.2) is 0 Å². The summed E-state index contributed by atoms with van der Waals surface area (Å²) in [5.74, 6) is -0.509. The number of carbonyl (C=O) groups excluding carboxylic acids is 2. The molecule has 0 aromatic carbocycles. The smallest absolute Gasteiger partial charge is 0.306 e. The van der Waals surface area contributed by atoms with Crippen LogP contribution in [0, 0.1) is 0 Å². The van der Waals surface area contributed by atoms with Crippen molar-refractivity contribution >= 4 is 11.9 Å². The van der Waals surface area contributed by atoms with Crippen LogP contribution in [0.25, 0.3) is 0 Å². The van der Waals surface area contributed by atoms with Crippen molar-refractivity contribution in [1.82, 2.24) is 5.32 Å². The highest BCUT2D eigenvalue weighted by Crippen LogP contribution is 2.18. The predicted octanol–water partition coefficient (Wildman–Crippen LogP) is 15.1. The number of rotatable bonds is 45. The fourth-order valence-electron chi connectivity index (χ4n) is 7.60. The van der Waals surface area contributed by atoms with Gasteiger partial charge in [-0.05, 0) is 70.6 Å². The van der Waals surface area contributed by atoms with Crippen molar-refractivity contribution in [1.29, 1.82) is 0 Å². The minimum atomic E-state index is -0.795. The van der Waals surface area contributed by atoms with Crippen molar-refractivity contribution in [3.63, 3.8) is 0 Å². The molecule has 0 bridgehead atoms. The molecule has 6 heteroatoms. The molecule has 0 aliphatic heterocycles. The summed E-state index contributed by atoms with van der Waals surface area (Å²) < 4.78 is 5.91. The van der Waals surface area contributed by atoms with Gasteiger partial charge in [-0.2, -0.15) is 0 Å². The molecule has 0 fully saturated rings. The van der Waals surface area contributed by atoms with Crippen LogP contribution in [0.3, 0.4) is 0 Å². The maximum absolute atomic E-state index is 13.2. The molecule has 0 spiro atoms. The fraction of sp³-hybridized carbons (Fsp3) is 0.811. The van der Waals surface area contributed by atoms with Gasteiger partial charge >= 0.3 is 5.97 Å². The number of nitrogens with one attached hydrogen (secondary N) is 1.